The second-order valence-electron chi connectivity index (χ2n) is 18.3. The monoisotopic (exact) mass is 804 g/mol. The Bertz CT molecular complexity index is 784. The normalized spacial score (nSPS) is 12.8. The average molecular weight is 804 g/mol. The molecule has 1 amide bonds. The van der Waals surface area contributed by atoms with E-state index in [0.29, 0.717) is 12.8 Å². The van der Waals surface area contributed by atoms with E-state index in [4.69, 9.17) is 0 Å². The molecule has 0 spiro atoms. The molecule has 0 saturated heterocycles. The van der Waals surface area contributed by atoms with Gasteiger partial charge in [-0.05, 0) is 38.5 Å². The van der Waals surface area contributed by atoms with Crippen LogP contribution in [0.4, 0.5) is 0 Å². The Balaban J connectivity index is 3.45. The summed E-state index contributed by atoms with van der Waals surface area (Å²) in [6.07, 6.45) is 63.2. The lowest BCUT2D eigenvalue weighted by Gasteiger charge is -2.22. The predicted octanol–water partition coefficient (Wildman–Crippen LogP) is 17.0. The van der Waals surface area contributed by atoms with Crippen LogP contribution >= 0.6 is 0 Å². The van der Waals surface area contributed by atoms with Crippen molar-refractivity contribution in [1.82, 2.24) is 5.32 Å². The highest BCUT2D eigenvalue weighted by Crippen LogP contribution is 2.17. The van der Waals surface area contributed by atoms with Crippen LogP contribution in [0.2, 0.25) is 0 Å². The van der Waals surface area contributed by atoms with E-state index >= 15 is 0 Å². The van der Waals surface area contributed by atoms with Crippen molar-refractivity contribution in [2.45, 2.75) is 315 Å². The number of carbonyl (C=O) groups is 1. The minimum Gasteiger partial charge on any atom is -0.394 e. The fourth-order valence-corrected chi connectivity index (χ4v) is 8.48. The van der Waals surface area contributed by atoms with Crippen LogP contribution in [-0.2, 0) is 4.79 Å². The Morgan fingerprint density at radius 3 is 0.965 bits per heavy atom. The summed E-state index contributed by atoms with van der Waals surface area (Å²) in [6, 6.07) is -0.535. The summed E-state index contributed by atoms with van der Waals surface area (Å²) in [6.45, 7) is 4.39. The zero-order valence-corrected chi connectivity index (χ0v) is 39.1. The Hall–Kier alpha value is -0.870. The van der Waals surface area contributed by atoms with Crippen molar-refractivity contribution in [3.8, 4) is 0 Å². The largest absolute Gasteiger partial charge is 0.394 e. The number of unbranched alkanes of at least 4 members (excludes halogenated alkanes) is 40. The first-order valence-corrected chi connectivity index (χ1v) is 26.4. The maximum atomic E-state index is 12.5. The van der Waals surface area contributed by atoms with Gasteiger partial charge in [-0.15, -0.1) is 0 Å². The van der Waals surface area contributed by atoms with Crippen LogP contribution in [0.1, 0.15) is 303 Å². The Labute approximate surface area is 358 Å². The summed E-state index contributed by atoms with van der Waals surface area (Å²) < 4.78 is 0. The van der Waals surface area contributed by atoms with Crippen molar-refractivity contribution in [1.29, 1.82) is 0 Å². The fourth-order valence-electron chi connectivity index (χ4n) is 8.48. The molecule has 57 heavy (non-hydrogen) atoms. The van der Waals surface area contributed by atoms with Gasteiger partial charge in [0.1, 0.15) is 0 Å². The first-order chi connectivity index (χ1) is 28.2. The fraction of sp³-hybridized carbons (Fsp3) is 0.943. The highest BCUT2D eigenvalue weighted by molar-refractivity contribution is 5.76. The molecule has 4 heteroatoms. The molecular formula is C53H105NO3. The van der Waals surface area contributed by atoms with Crippen molar-refractivity contribution < 1.29 is 15.0 Å². The Morgan fingerprint density at radius 2 is 0.667 bits per heavy atom. The molecule has 0 saturated carbocycles. The van der Waals surface area contributed by atoms with Crippen molar-refractivity contribution in [2.75, 3.05) is 6.61 Å². The summed E-state index contributed by atoms with van der Waals surface area (Å²) in [7, 11) is 0. The minimum atomic E-state index is -0.658. The summed E-state index contributed by atoms with van der Waals surface area (Å²) in [5, 5.41) is 23.3. The molecule has 0 aliphatic rings. The van der Waals surface area contributed by atoms with Gasteiger partial charge >= 0.3 is 0 Å². The van der Waals surface area contributed by atoms with Gasteiger partial charge in [-0.25, -0.2) is 0 Å². The van der Waals surface area contributed by atoms with E-state index in [1.165, 1.54) is 250 Å². The molecule has 0 aliphatic carbocycles. The Kier molecular flexibility index (Phi) is 48.7. The number of hydrogen-bond acceptors (Lipinski definition) is 3. The SMILES string of the molecule is CCCCCCCCCCCCCC/C=C\CCCCCCCCCCC(=O)NC(CO)C(O)CCCCCCCCCCCCCCCCCCCCCCC. The molecule has 0 bridgehead atoms. The lowest BCUT2D eigenvalue weighted by Crippen LogP contribution is -2.45. The van der Waals surface area contributed by atoms with E-state index in [9.17, 15) is 15.0 Å². The van der Waals surface area contributed by atoms with Crippen LogP contribution < -0.4 is 5.32 Å². The van der Waals surface area contributed by atoms with Crippen LogP contribution in [0.25, 0.3) is 0 Å². The maximum absolute atomic E-state index is 12.5. The lowest BCUT2D eigenvalue weighted by molar-refractivity contribution is -0.123. The number of carbonyl (C=O) groups excluding carboxylic acids is 1. The molecule has 2 unspecified atom stereocenters. The van der Waals surface area contributed by atoms with E-state index in [1.807, 2.05) is 0 Å². The standard InChI is InChI=1S/C53H105NO3/c1-3-5-7-9-11-13-15-17-19-21-23-25-26-27-29-31-33-35-37-39-41-43-45-47-49-53(57)54-51(50-55)52(56)48-46-44-42-40-38-36-34-32-30-28-24-22-20-18-16-14-12-10-8-6-4-2/h27,29,51-52,55-56H,3-26,28,30-50H2,1-2H3,(H,54,57)/b29-27-. The van der Waals surface area contributed by atoms with Crippen LogP contribution in [0, 0.1) is 0 Å². The van der Waals surface area contributed by atoms with E-state index in [0.717, 1.165) is 25.7 Å². The van der Waals surface area contributed by atoms with Gasteiger partial charge in [-0.1, -0.05) is 270 Å². The first-order valence-electron chi connectivity index (χ1n) is 26.4. The topological polar surface area (TPSA) is 69.6 Å². The molecule has 0 aromatic rings. The van der Waals surface area contributed by atoms with Crippen LogP contribution in [0.5, 0.6) is 0 Å². The van der Waals surface area contributed by atoms with Gasteiger partial charge in [0.25, 0.3) is 0 Å². The molecule has 0 aliphatic heterocycles. The van der Waals surface area contributed by atoms with Crippen LogP contribution in [-0.4, -0.2) is 34.9 Å². The molecule has 0 aromatic heterocycles. The number of hydrogen-bond donors (Lipinski definition) is 3. The van der Waals surface area contributed by atoms with Gasteiger partial charge < -0.3 is 15.5 Å². The number of nitrogens with one attached hydrogen (secondary N) is 1. The summed E-state index contributed by atoms with van der Waals surface area (Å²) in [5.74, 6) is -0.0289. The number of amides is 1. The molecule has 3 N–H and O–H groups in total. The summed E-state index contributed by atoms with van der Waals surface area (Å²) in [4.78, 5) is 12.5. The van der Waals surface area contributed by atoms with Crippen molar-refractivity contribution in [3.63, 3.8) is 0 Å². The molecule has 0 fully saturated rings. The van der Waals surface area contributed by atoms with E-state index in [1.54, 1.807) is 0 Å². The third-order valence-electron chi connectivity index (χ3n) is 12.5. The third-order valence-corrected chi connectivity index (χ3v) is 12.5. The number of aliphatic hydroxyl groups excluding tert-OH is 2. The molecule has 0 radical (unpaired) electrons. The third kappa shape index (κ3) is 46.1. The van der Waals surface area contributed by atoms with Gasteiger partial charge in [0.2, 0.25) is 5.91 Å². The van der Waals surface area contributed by atoms with Crippen LogP contribution in [0.15, 0.2) is 12.2 Å². The molecule has 0 rings (SSSR count). The zero-order valence-electron chi connectivity index (χ0n) is 39.1. The maximum Gasteiger partial charge on any atom is 0.220 e. The second-order valence-corrected chi connectivity index (χ2v) is 18.3. The molecule has 0 heterocycles. The Morgan fingerprint density at radius 1 is 0.404 bits per heavy atom. The highest BCUT2D eigenvalue weighted by atomic mass is 16.3. The second kappa shape index (κ2) is 49.5. The minimum absolute atomic E-state index is 0.0289. The number of allylic oxidation sites excluding steroid dienone is 2. The van der Waals surface area contributed by atoms with Gasteiger partial charge in [-0.2, -0.15) is 0 Å². The molecule has 4 nitrogen and oxygen atoms in total. The van der Waals surface area contributed by atoms with Crippen LogP contribution in [0.3, 0.4) is 0 Å². The highest BCUT2D eigenvalue weighted by Gasteiger charge is 2.20. The summed E-state index contributed by atoms with van der Waals surface area (Å²) in [5.41, 5.74) is 0. The first kappa shape index (κ1) is 56.1. The molecule has 340 valence electrons. The molecule has 2 atom stereocenters. The predicted molar refractivity (Wildman–Crippen MR) is 253 cm³/mol. The van der Waals surface area contributed by atoms with Gasteiger partial charge in [0.15, 0.2) is 0 Å². The zero-order chi connectivity index (χ0) is 41.4. The van der Waals surface area contributed by atoms with E-state index < -0.39 is 12.1 Å². The van der Waals surface area contributed by atoms with E-state index in [2.05, 4.69) is 31.3 Å². The average Bonchev–Trinajstić information content (AvgIpc) is 3.22. The number of aliphatic hydroxyl groups is 2. The quantitative estimate of drug-likeness (QED) is 0.0424. The smallest absolute Gasteiger partial charge is 0.220 e. The number of rotatable bonds is 49. The molecular weight excluding hydrogens is 699 g/mol. The van der Waals surface area contributed by atoms with Gasteiger partial charge in [0, 0.05) is 6.42 Å². The summed E-state index contributed by atoms with van der Waals surface area (Å²) >= 11 is 0. The van der Waals surface area contributed by atoms with Gasteiger partial charge in [-0.3, -0.25) is 4.79 Å². The van der Waals surface area contributed by atoms with Crippen molar-refractivity contribution in [3.05, 3.63) is 12.2 Å². The van der Waals surface area contributed by atoms with Gasteiger partial charge in [0.05, 0.1) is 18.8 Å². The van der Waals surface area contributed by atoms with E-state index in [-0.39, 0.29) is 12.5 Å². The van der Waals surface area contributed by atoms with Crippen molar-refractivity contribution in [2.24, 2.45) is 0 Å². The molecule has 0 aromatic carbocycles. The van der Waals surface area contributed by atoms with Crippen molar-refractivity contribution >= 4 is 5.91 Å². The lowest BCUT2D eigenvalue weighted by atomic mass is 10.0.